The molecule has 0 spiro atoms. The van der Waals surface area contributed by atoms with E-state index in [1.54, 1.807) is 13.8 Å². The molecule has 0 saturated carbocycles. The van der Waals surface area contributed by atoms with Crippen LogP contribution in [-0.2, 0) is 14.3 Å². The lowest BCUT2D eigenvalue weighted by Crippen LogP contribution is -2.55. The predicted molar refractivity (Wildman–Crippen MR) is 113 cm³/mol. The number of aromatic amines is 1. The third-order valence-corrected chi connectivity index (χ3v) is 6.05. The number of nitrogens with one attached hydrogen (secondary N) is 1. The van der Waals surface area contributed by atoms with Gasteiger partial charge in [-0.2, -0.15) is 0 Å². The molecule has 31 heavy (non-hydrogen) atoms. The fraction of sp³-hybridized carbons (Fsp3) is 0.714. The molecule has 0 bridgehead atoms. The largest absolute Gasteiger partial charge is 0.382 e. The van der Waals surface area contributed by atoms with Crippen LogP contribution in [0.1, 0.15) is 64.7 Å². The van der Waals surface area contributed by atoms with Gasteiger partial charge in [-0.25, -0.2) is 4.79 Å². The van der Waals surface area contributed by atoms with E-state index >= 15 is 0 Å². The van der Waals surface area contributed by atoms with Crippen molar-refractivity contribution in [3.63, 3.8) is 0 Å². The number of aromatic nitrogens is 2. The van der Waals surface area contributed by atoms with E-state index in [-0.39, 0.29) is 12.0 Å². The Labute approximate surface area is 180 Å². The zero-order chi connectivity index (χ0) is 23.6. The van der Waals surface area contributed by atoms with E-state index in [2.05, 4.69) is 4.98 Å². The molecule has 1 aromatic heterocycles. The summed E-state index contributed by atoms with van der Waals surface area (Å²) in [5.74, 6) is -1.25. The summed E-state index contributed by atoms with van der Waals surface area (Å²) in [4.78, 5) is 51.3. The number of hydrogen-bond acceptors (Lipinski definition) is 8. The lowest BCUT2D eigenvalue weighted by Gasteiger charge is -2.33. The van der Waals surface area contributed by atoms with E-state index in [4.69, 9.17) is 10.5 Å². The molecule has 1 saturated heterocycles. The predicted octanol–water partition coefficient (Wildman–Crippen LogP) is -0.0721. The molecule has 1 aromatic rings. The SMILES string of the molecule is CC(=O)[C@]1(O)C[C@H](n2cc(C)c(=O)[nH]c2=O)O[C@@H]1C(O)C(=O)C(C)(C)CCCCCN. The van der Waals surface area contributed by atoms with Crippen LogP contribution in [0.25, 0.3) is 0 Å². The number of aliphatic hydroxyl groups is 2. The smallest absolute Gasteiger partial charge is 0.330 e. The zero-order valence-corrected chi connectivity index (χ0v) is 18.5. The Balaban J connectivity index is 2.30. The zero-order valence-electron chi connectivity index (χ0n) is 18.5. The van der Waals surface area contributed by atoms with Crippen molar-refractivity contribution in [3.05, 3.63) is 32.6 Å². The lowest BCUT2D eigenvalue weighted by molar-refractivity contribution is -0.164. The van der Waals surface area contributed by atoms with Gasteiger partial charge >= 0.3 is 5.69 Å². The van der Waals surface area contributed by atoms with Gasteiger partial charge in [0.25, 0.3) is 5.56 Å². The van der Waals surface area contributed by atoms with Gasteiger partial charge in [0.2, 0.25) is 0 Å². The van der Waals surface area contributed by atoms with Crippen LogP contribution in [-0.4, -0.2) is 55.7 Å². The van der Waals surface area contributed by atoms with Crippen molar-refractivity contribution < 1.29 is 24.5 Å². The van der Waals surface area contributed by atoms with Crippen molar-refractivity contribution in [1.29, 1.82) is 0 Å². The summed E-state index contributed by atoms with van der Waals surface area (Å²) in [6.45, 7) is 6.56. The van der Waals surface area contributed by atoms with E-state index in [0.717, 1.165) is 30.8 Å². The normalized spacial score (nSPS) is 24.9. The van der Waals surface area contributed by atoms with Crippen molar-refractivity contribution >= 4 is 11.6 Å². The van der Waals surface area contributed by atoms with Crippen LogP contribution >= 0.6 is 0 Å². The Kier molecular flexibility index (Phi) is 7.75. The summed E-state index contributed by atoms with van der Waals surface area (Å²) in [7, 11) is 0. The van der Waals surface area contributed by atoms with Crippen molar-refractivity contribution in [2.45, 2.75) is 83.8 Å². The quantitative estimate of drug-likeness (QED) is 0.368. The van der Waals surface area contributed by atoms with Crippen LogP contribution < -0.4 is 17.0 Å². The molecule has 174 valence electrons. The maximum absolute atomic E-state index is 13.0. The highest BCUT2D eigenvalue weighted by atomic mass is 16.6. The number of nitrogens with zero attached hydrogens (tertiary/aromatic N) is 1. The summed E-state index contributed by atoms with van der Waals surface area (Å²) >= 11 is 0. The number of carbonyl (C=O) groups excluding carboxylic acids is 2. The molecule has 10 nitrogen and oxygen atoms in total. The van der Waals surface area contributed by atoms with Gasteiger partial charge in [0.15, 0.2) is 17.2 Å². The molecule has 0 aromatic carbocycles. The van der Waals surface area contributed by atoms with Crippen LogP contribution in [0.2, 0.25) is 0 Å². The van der Waals surface area contributed by atoms with Gasteiger partial charge in [0.05, 0.1) is 0 Å². The minimum Gasteiger partial charge on any atom is -0.382 e. The van der Waals surface area contributed by atoms with Gasteiger partial charge in [-0.1, -0.05) is 26.7 Å². The standard InChI is InChI=1S/C21H33N3O7/c1-12-11-24(19(29)23-18(12)28)14-10-21(30,13(2)25)17(31-14)15(26)16(27)20(3,4)8-6-5-7-9-22/h11,14-15,17,26,30H,5-10,22H2,1-4H3,(H,23,28,29)/t14-,15?,17-,21-/m1/s1. The first-order valence-corrected chi connectivity index (χ1v) is 10.5. The molecule has 10 heteroatoms. The number of aryl methyl sites for hydroxylation is 1. The second-order valence-electron chi connectivity index (χ2n) is 8.97. The monoisotopic (exact) mass is 439 g/mol. The summed E-state index contributed by atoms with van der Waals surface area (Å²) in [6, 6.07) is 0. The number of carbonyl (C=O) groups is 2. The topological polar surface area (TPSA) is 165 Å². The summed E-state index contributed by atoms with van der Waals surface area (Å²) in [6.07, 6.45) is -0.653. The van der Waals surface area contributed by atoms with Gasteiger partial charge in [0.1, 0.15) is 18.4 Å². The van der Waals surface area contributed by atoms with Crippen LogP contribution in [0.3, 0.4) is 0 Å². The number of unbranched alkanes of at least 4 members (excludes halogenated alkanes) is 2. The van der Waals surface area contributed by atoms with Crippen molar-refractivity contribution in [2.75, 3.05) is 6.54 Å². The van der Waals surface area contributed by atoms with E-state index in [9.17, 15) is 29.4 Å². The molecule has 4 atom stereocenters. The number of aliphatic hydroxyl groups excluding tert-OH is 1. The van der Waals surface area contributed by atoms with Crippen molar-refractivity contribution in [3.8, 4) is 0 Å². The molecule has 2 rings (SSSR count). The van der Waals surface area contributed by atoms with E-state index in [0.29, 0.717) is 13.0 Å². The fourth-order valence-corrected chi connectivity index (χ4v) is 3.90. The van der Waals surface area contributed by atoms with Crippen molar-refractivity contribution in [2.24, 2.45) is 11.1 Å². The average molecular weight is 440 g/mol. The van der Waals surface area contributed by atoms with E-state index in [1.165, 1.54) is 13.1 Å². The molecular formula is C21H33N3O7. The second kappa shape index (κ2) is 9.56. The van der Waals surface area contributed by atoms with Crippen LogP contribution in [0, 0.1) is 12.3 Å². The first kappa shape index (κ1) is 25.1. The summed E-state index contributed by atoms with van der Waals surface area (Å²) < 4.78 is 6.75. The lowest BCUT2D eigenvalue weighted by atomic mass is 9.76. The fourth-order valence-electron chi connectivity index (χ4n) is 3.90. The van der Waals surface area contributed by atoms with Crippen LogP contribution in [0.5, 0.6) is 0 Å². The number of ether oxygens (including phenoxy) is 1. The summed E-state index contributed by atoms with van der Waals surface area (Å²) in [5.41, 5.74) is 1.28. The van der Waals surface area contributed by atoms with E-state index < -0.39 is 52.3 Å². The highest BCUT2D eigenvalue weighted by Crippen LogP contribution is 2.40. The Morgan fingerprint density at radius 3 is 2.58 bits per heavy atom. The number of nitrogens with two attached hydrogens (primary N) is 1. The highest BCUT2D eigenvalue weighted by molar-refractivity contribution is 5.92. The first-order valence-electron chi connectivity index (χ1n) is 10.5. The number of hydrogen-bond donors (Lipinski definition) is 4. The Hall–Kier alpha value is -2.14. The number of ketones is 2. The Bertz CT molecular complexity index is 936. The highest BCUT2D eigenvalue weighted by Gasteiger charge is 2.57. The van der Waals surface area contributed by atoms with Crippen LogP contribution in [0.4, 0.5) is 0 Å². The maximum Gasteiger partial charge on any atom is 0.330 e. The maximum atomic E-state index is 13.0. The minimum atomic E-state index is -2.17. The van der Waals surface area contributed by atoms with Crippen LogP contribution in [0.15, 0.2) is 15.8 Å². The number of rotatable bonds is 10. The third-order valence-electron chi connectivity index (χ3n) is 6.05. The van der Waals surface area contributed by atoms with Gasteiger partial charge in [-0.05, 0) is 33.2 Å². The second-order valence-corrected chi connectivity index (χ2v) is 8.97. The Morgan fingerprint density at radius 2 is 2.00 bits per heavy atom. The summed E-state index contributed by atoms with van der Waals surface area (Å²) in [5, 5.41) is 21.8. The van der Waals surface area contributed by atoms with Gasteiger partial charge in [0, 0.05) is 23.6 Å². The van der Waals surface area contributed by atoms with Crippen molar-refractivity contribution in [1.82, 2.24) is 9.55 Å². The van der Waals surface area contributed by atoms with Gasteiger partial charge in [-0.3, -0.25) is 23.9 Å². The molecule has 2 heterocycles. The number of H-pyrrole nitrogens is 1. The molecule has 1 fully saturated rings. The molecule has 1 unspecified atom stereocenters. The number of Topliss-reactive ketones (excluding diaryl/α,β-unsaturated/α-hetero) is 2. The van der Waals surface area contributed by atoms with E-state index in [1.807, 2.05) is 0 Å². The molecule has 5 N–H and O–H groups in total. The average Bonchev–Trinajstić information content (AvgIpc) is 3.05. The molecular weight excluding hydrogens is 406 g/mol. The van der Waals surface area contributed by atoms with Gasteiger partial charge in [-0.15, -0.1) is 0 Å². The first-order chi connectivity index (χ1) is 14.3. The van der Waals surface area contributed by atoms with Gasteiger partial charge < -0.3 is 20.7 Å². The molecule has 1 aliphatic heterocycles. The molecule has 1 aliphatic rings. The molecule has 0 aliphatic carbocycles. The Morgan fingerprint density at radius 1 is 1.35 bits per heavy atom. The third kappa shape index (κ3) is 5.20. The molecule has 0 amide bonds. The molecule has 0 radical (unpaired) electrons. The minimum absolute atomic E-state index is 0.230.